The number of anilines is 1. The molecule has 0 atom stereocenters. The second-order valence-electron chi connectivity index (χ2n) is 7.79. The minimum Gasteiger partial charge on any atom is -0.451 e. The Kier molecular flexibility index (Phi) is 4.48. The van der Waals surface area contributed by atoms with Gasteiger partial charge < -0.3 is 10.1 Å². The van der Waals surface area contributed by atoms with Crippen molar-refractivity contribution in [2.24, 2.45) is 5.92 Å². The Labute approximate surface area is 149 Å². The van der Waals surface area contributed by atoms with Crippen LogP contribution in [0.25, 0.3) is 0 Å². The Morgan fingerprint density at radius 1 is 1.12 bits per heavy atom. The summed E-state index contributed by atoms with van der Waals surface area (Å²) >= 11 is 0. The quantitative estimate of drug-likeness (QED) is 0.813. The zero-order valence-corrected chi connectivity index (χ0v) is 15.8. The highest BCUT2D eigenvalue weighted by Gasteiger charge is 2.50. The lowest BCUT2D eigenvalue weighted by Crippen LogP contribution is -2.40. The first-order chi connectivity index (χ1) is 11.7. The van der Waals surface area contributed by atoms with Crippen molar-refractivity contribution in [1.82, 2.24) is 0 Å². The van der Waals surface area contributed by atoms with Gasteiger partial charge in [0.15, 0.2) is 0 Å². The first-order valence-corrected chi connectivity index (χ1v) is 9.07. The summed E-state index contributed by atoms with van der Waals surface area (Å²) in [6, 6.07) is 4.11. The summed E-state index contributed by atoms with van der Waals surface area (Å²) in [5.74, 6) is 0.0566. The zero-order chi connectivity index (χ0) is 18.4. The lowest BCUT2D eigenvalue weighted by molar-refractivity contribution is -0.150. The second-order valence-corrected chi connectivity index (χ2v) is 7.79. The summed E-state index contributed by atoms with van der Waals surface area (Å²) in [6.45, 7) is 9.94. The molecule has 4 nitrogen and oxygen atoms in total. The molecule has 134 valence electrons. The minimum atomic E-state index is -0.732. The van der Waals surface area contributed by atoms with Crippen molar-refractivity contribution in [3.63, 3.8) is 0 Å². The Morgan fingerprint density at radius 3 is 2.24 bits per heavy atom. The molecule has 25 heavy (non-hydrogen) atoms. The number of benzene rings is 1. The summed E-state index contributed by atoms with van der Waals surface area (Å²) in [5.41, 5.74) is 4.30. The highest BCUT2D eigenvalue weighted by Crippen LogP contribution is 2.45. The maximum Gasteiger partial charge on any atom is 0.335 e. The second kappa shape index (κ2) is 6.32. The van der Waals surface area contributed by atoms with Gasteiger partial charge in [0, 0.05) is 11.3 Å². The van der Waals surface area contributed by atoms with Crippen molar-refractivity contribution >= 4 is 17.6 Å². The van der Waals surface area contributed by atoms with Gasteiger partial charge in [-0.3, -0.25) is 4.79 Å². The van der Waals surface area contributed by atoms with E-state index in [-0.39, 0.29) is 11.9 Å². The van der Waals surface area contributed by atoms with Crippen LogP contribution in [0.3, 0.4) is 0 Å². The van der Waals surface area contributed by atoms with Crippen LogP contribution in [0.2, 0.25) is 0 Å². The van der Waals surface area contributed by atoms with E-state index in [0.29, 0.717) is 17.1 Å². The third-order valence-corrected chi connectivity index (χ3v) is 5.65. The van der Waals surface area contributed by atoms with E-state index in [1.54, 1.807) is 6.92 Å². The normalized spacial score (nSPS) is 26.1. The number of carbonyl (C=O) groups is 2. The fourth-order valence-corrected chi connectivity index (χ4v) is 4.26. The van der Waals surface area contributed by atoms with Crippen molar-refractivity contribution in [2.45, 2.75) is 65.9 Å². The average Bonchev–Trinajstić information content (AvgIpc) is 2.77. The van der Waals surface area contributed by atoms with Crippen LogP contribution in [0.1, 0.15) is 56.2 Å². The first kappa shape index (κ1) is 17.7. The molecule has 1 aliphatic carbocycles. The fraction of sp³-hybridized carbons (Fsp3) is 0.524. The van der Waals surface area contributed by atoms with E-state index in [1.165, 1.54) is 5.56 Å². The van der Waals surface area contributed by atoms with E-state index >= 15 is 0 Å². The Morgan fingerprint density at radius 2 is 1.68 bits per heavy atom. The number of hydrogen-bond acceptors (Lipinski definition) is 3. The molecular weight excluding hydrogens is 314 g/mol. The van der Waals surface area contributed by atoms with E-state index < -0.39 is 5.60 Å². The SMILES string of the molecule is CC1=C(C(=O)Nc2c(C)cc(C)cc2C)C2(CCC(C)CC2)OC1=O. The first-order valence-electron chi connectivity index (χ1n) is 9.07. The molecule has 1 heterocycles. The number of aryl methyl sites for hydroxylation is 3. The van der Waals surface area contributed by atoms with E-state index in [1.807, 2.05) is 20.8 Å². The van der Waals surface area contributed by atoms with E-state index in [2.05, 4.69) is 24.4 Å². The zero-order valence-electron chi connectivity index (χ0n) is 15.8. The van der Waals surface area contributed by atoms with Crippen molar-refractivity contribution in [2.75, 3.05) is 5.32 Å². The molecule has 0 aromatic heterocycles. The molecule has 1 aliphatic heterocycles. The summed E-state index contributed by atoms with van der Waals surface area (Å²) in [4.78, 5) is 25.3. The topological polar surface area (TPSA) is 55.4 Å². The molecule has 1 saturated carbocycles. The number of carbonyl (C=O) groups excluding carboxylic acids is 2. The maximum absolute atomic E-state index is 13.1. The van der Waals surface area contributed by atoms with Crippen molar-refractivity contribution in [1.29, 1.82) is 0 Å². The molecule has 1 fully saturated rings. The van der Waals surface area contributed by atoms with Crippen molar-refractivity contribution in [3.8, 4) is 0 Å². The highest BCUT2D eigenvalue weighted by molar-refractivity contribution is 6.13. The Bertz CT molecular complexity index is 744. The van der Waals surface area contributed by atoms with Gasteiger partial charge in [-0.05, 0) is 70.4 Å². The smallest absolute Gasteiger partial charge is 0.335 e. The van der Waals surface area contributed by atoms with Crippen LogP contribution in [0.15, 0.2) is 23.3 Å². The molecule has 1 spiro atoms. The van der Waals surface area contributed by atoms with Crippen LogP contribution < -0.4 is 5.32 Å². The van der Waals surface area contributed by atoms with E-state index in [0.717, 1.165) is 42.5 Å². The molecular formula is C21H27NO3. The standard InChI is InChI=1S/C21H27NO3/c1-12-6-8-21(9-7-12)17(16(5)20(24)25-21)19(23)22-18-14(3)10-13(2)11-15(18)4/h10-12H,6-9H2,1-5H3,(H,22,23). The van der Waals surface area contributed by atoms with E-state index in [9.17, 15) is 9.59 Å². The molecule has 1 aromatic rings. The third kappa shape index (κ3) is 3.10. The Balaban J connectivity index is 1.93. The highest BCUT2D eigenvalue weighted by atomic mass is 16.6. The molecule has 3 rings (SSSR count). The van der Waals surface area contributed by atoms with Gasteiger partial charge in [-0.2, -0.15) is 0 Å². The van der Waals surface area contributed by atoms with Gasteiger partial charge >= 0.3 is 5.97 Å². The molecule has 1 amide bonds. The number of rotatable bonds is 2. The predicted octanol–water partition coefficient (Wildman–Crippen LogP) is 4.37. The summed E-state index contributed by atoms with van der Waals surface area (Å²) in [7, 11) is 0. The summed E-state index contributed by atoms with van der Waals surface area (Å²) in [5, 5.41) is 3.05. The number of ether oxygens (including phenoxy) is 1. The molecule has 0 unspecified atom stereocenters. The maximum atomic E-state index is 13.1. The monoisotopic (exact) mass is 341 g/mol. The van der Waals surface area contributed by atoms with Gasteiger partial charge in [0.25, 0.3) is 5.91 Å². The third-order valence-electron chi connectivity index (χ3n) is 5.65. The largest absolute Gasteiger partial charge is 0.451 e. The number of nitrogens with one attached hydrogen (secondary N) is 1. The molecule has 1 N–H and O–H groups in total. The molecule has 0 saturated heterocycles. The van der Waals surface area contributed by atoms with Crippen molar-refractivity contribution < 1.29 is 14.3 Å². The van der Waals surface area contributed by atoms with Gasteiger partial charge in [0.2, 0.25) is 0 Å². The van der Waals surface area contributed by atoms with E-state index in [4.69, 9.17) is 4.74 Å². The summed E-state index contributed by atoms with van der Waals surface area (Å²) < 4.78 is 5.73. The van der Waals surface area contributed by atoms with Crippen LogP contribution in [-0.2, 0) is 14.3 Å². The van der Waals surface area contributed by atoms with Gasteiger partial charge in [0.05, 0.1) is 5.57 Å². The number of amides is 1. The molecule has 0 bridgehead atoms. The van der Waals surface area contributed by atoms with Crippen LogP contribution in [-0.4, -0.2) is 17.5 Å². The number of esters is 1. The van der Waals surface area contributed by atoms with Crippen LogP contribution >= 0.6 is 0 Å². The molecule has 1 aromatic carbocycles. The van der Waals surface area contributed by atoms with Gasteiger partial charge in [-0.25, -0.2) is 4.79 Å². The Hall–Kier alpha value is -2.10. The van der Waals surface area contributed by atoms with Crippen LogP contribution in [0.4, 0.5) is 5.69 Å². The average molecular weight is 341 g/mol. The minimum absolute atomic E-state index is 0.201. The molecule has 4 heteroatoms. The van der Waals surface area contributed by atoms with Gasteiger partial charge in [-0.1, -0.05) is 24.6 Å². The fourth-order valence-electron chi connectivity index (χ4n) is 4.26. The molecule has 0 radical (unpaired) electrons. The van der Waals surface area contributed by atoms with Gasteiger partial charge in [0.1, 0.15) is 5.60 Å². The van der Waals surface area contributed by atoms with Crippen LogP contribution in [0.5, 0.6) is 0 Å². The lowest BCUT2D eigenvalue weighted by atomic mass is 9.75. The van der Waals surface area contributed by atoms with Crippen LogP contribution in [0, 0.1) is 26.7 Å². The van der Waals surface area contributed by atoms with Gasteiger partial charge in [-0.15, -0.1) is 0 Å². The molecule has 2 aliphatic rings. The number of hydrogen-bond donors (Lipinski definition) is 1. The summed E-state index contributed by atoms with van der Waals surface area (Å²) in [6.07, 6.45) is 3.40. The lowest BCUT2D eigenvalue weighted by Gasteiger charge is -2.36. The predicted molar refractivity (Wildman–Crippen MR) is 98.4 cm³/mol. The van der Waals surface area contributed by atoms with Crippen molar-refractivity contribution in [3.05, 3.63) is 40.0 Å².